The summed E-state index contributed by atoms with van der Waals surface area (Å²) in [5.41, 5.74) is 3.17. The van der Waals surface area contributed by atoms with Gasteiger partial charge in [0.15, 0.2) is 15.0 Å². The summed E-state index contributed by atoms with van der Waals surface area (Å²) in [7, 11) is -3.34. The first-order chi connectivity index (χ1) is 14.8. The standard InChI is InChI=1S/C23H21N3O3S2/c1-3-16-7-12-20-21(14-16)30-23(25-20)26(15-18-6-4-5-13-24-18)22(27)17-8-10-19(11-9-17)31(2,28)29/h4-14H,3,15H2,1-2H3. The molecule has 2 aromatic heterocycles. The Morgan fingerprint density at radius 1 is 1.06 bits per heavy atom. The van der Waals surface area contributed by atoms with Crippen molar-refractivity contribution in [1.29, 1.82) is 0 Å². The predicted molar refractivity (Wildman–Crippen MR) is 123 cm³/mol. The third kappa shape index (κ3) is 4.65. The van der Waals surface area contributed by atoms with Crippen molar-refractivity contribution >= 4 is 42.4 Å². The van der Waals surface area contributed by atoms with E-state index in [1.54, 1.807) is 11.1 Å². The van der Waals surface area contributed by atoms with E-state index in [2.05, 4.69) is 23.0 Å². The van der Waals surface area contributed by atoms with Gasteiger partial charge in [-0.1, -0.05) is 30.4 Å². The molecule has 4 rings (SSSR count). The van der Waals surface area contributed by atoms with E-state index in [0.29, 0.717) is 10.7 Å². The molecule has 0 aliphatic rings. The van der Waals surface area contributed by atoms with Crippen LogP contribution >= 0.6 is 11.3 Å². The van der Waals surface area contributed by atoms with Crippen LogP contribution in [0.2, 0.25) is 0 Å². The fourth-order valence-electron chi connectivity index (χ4n) is 3.17. The van der Waals surface area contributed by atoms with Crippen molar-refractivity contribution in [2.75, 3.05) is 11.2 Å². The average molecular weight is 452 g/mol. The number of sulfone groups is 1. The smallest absolute Gasteiger partial charge is 0.260 e. The van der Waals surface area contributed by atoms with Crippen LogP contribution in [0.25, 0.3) is 10.2 Å². The van der Waals surface area contributed by atoms with Crippen LogP contribution in [0.5, 0.6) is 0 Å². The molecule has 0 bridgehead atoms. The van der Waals surface area contributed by atoms with E-state index in [0.717, 1.165) is 28.6 Å². The van der Waals surface area contributed by atoms with Gasteiger partial charge in [0.05, 0.1) is 27.4 Å². The van der Waals surface area contributed by atoms with E-state index < -0.39 is 9.84 Å². The second-order valence-corrected chi connectivity index (χ2v) is 10.2. The second kappa shape index (κ2) is 8.56. The maximum Gasteiger partial charge on any atom is 0.260 e. The number of carbonyl (C=O) groups is 1. The maximum absolute atomic E-state index is 13.4. The van der Waals surface area contributed by atoms with Crippen LogP contribution in [-0.2, 0) is 22.8 Å². The number of rotatable bonds is 6. The van der Waals surface area contributed by atoms with Gasteiger partial charge in [0.25, 0.3) is 5.91 Å². The topological polar surface area (TPSA) is 80.2 Å². The van der Waals surface area contributed by atoms with Gasteiger partial charge in [0.2, 0.25) is 0 Å². The molecule has 4 aromatic rings. The summed E-state index contributed by atoms with van der Waals surface area (Å²) in [5, 5.41) is 0.575. The van der Waals surface area contributed by atoms with Crippen LogP contribution in [0.4, 0.5) is 5.13 Å². The first kappa shape index (κ1) is 21.1. The number of thiazole rings is 1. The number of fused-ring (bicyclic) bond motifs is 1. The molecule has 0 atom stereocenters. The van der Waals surface area contributed by atoms with E-state index in [-0.39, 0.29) is 17.3 Å². The molecule has 0 N–H and O–H groups in total. The monoisotopic (exact) mass is 451 g/mol. The number of nitrogens with zero attached hydrogens (tertiary/aromatic N) is 3. The molecule has 158 valence electrons. The van der Waals surface area contributed by atoms with Crippen molar-refractivity contribution in [1.82, 2.24) is 9.97 Å². The Hall–Kier alpha value is -3.10. The fourth-order valence-corrected chi connectivity index (χ4v) is 4.83. The van der Waals surface area contributed by atoms with Crippen molar-refractivity contribution in [3.63, 3.8) is 0 Å². The number of hydrogen-bond donors (Lipinski definition) is 0. The Bertz CT molecular complexity index is 1330. The Morgan fingerprint density at radius 3 is 2.48 bits per heavy atom. The minimum atomic E-state index is -3.34. The molecule has 0 aliphatic heterocycles. The van der Waals surface area contributed by atoms with Gasteiger partial charge < -0.3 is 0 Å². The molecule has 0 fully saturated rings. The van der Waals surface area contributed by atoms with Crippen molar-refractivity contribution in [3.05, 3.63) is 83.7 Å². The quantitative estimate of drug-likeness (QED) is 0.431. The van der Waals surface area contributed by atoms with Crippen molar-refractivity contribution < 1.29 is 13.2 Å². The Balaban J connectivity index is 1.74. The third-order valence-corrected chi connectivity index (χ3v) is 7.07. The van der Waals surface area contributed by atoms with Gasteiger partial charge in [0, 0.05) is 18.0 Å². The molecule has 1 amide bonds. The highest BCUT2D eigenvalue weighted by Crippen LogP contribution is 2.31. The number of aromatic nitrogens is 2. The van der Waals surface area contributed by atoms with Crippen molar-refractivity contribution in [3.8, 4) is 0 Å². The van der Waals surface area contributed by atoms with Gasteiger partial charge in [-0.3, -0.25) is 14.7 Å². The molecular formula is C23H21N3O3S2. The van der Waals surface area contributed by atoms with Crippen LogP contribution in [0.3, 0.4) is 0 Å². The number of carbonyl (C=O) groups excluding carboxylic acids is 1. The van der Waals surface area contributed by atoms with Crippen LogP contribution in [0, 0.1) is 0 Å². The lowest BCUT2D eigenvalue weighted by molar-refractivity contribution is 0.0984. The zero-order valence-electron chi connectivity index (χ0n) is 17.1. The summed E-state index contributed by atoms with van der Waals surface area (Å²) in [6, 6.07) is 17.6. The third-order valence-electron chi connectivity index (χ3n) is 4.90. The lowest BCUT2D eigenvalue weighted by Crippen LogP contribution is -2.30. The lowest BCUT2D eigenvalue weighted by atomic mass is 10.2. The molecule has 0 saturated carbocycles. The minimum absolute atomic E-state index is 0.174. The SMILES string of the molecule is CCc1ccc2nc(N(Cc3ccccn3)C(=O)c3ccc(S(C)(=O)=O)cc3)sc2c1. The van der Waals surface area contributed by atoms with Gasteiger partial charge >= 0.3 is 0 Å². The van der Waals surface area contributed by atoms with Crippen LogP contribution in [0.15, 0.2) is 71.8 Å². The first-order valence-electron chi connectivity index (χ1n) is 9.76. The highest BCUT2D eigenvalue weighted by Gasteiger charge is 2.23. The summed E-state index contributed by atoms with van der Waals surface area (Å²) in [6.45, 7) is 2.36. The number of anilines is 1. The molecule has 2 aromatic carbocycles. The normalized spacial score (nSPS) is 11.5. The number of benzene rings is 2. The fraction of sp³-hybridized carbons (Fsp3) is 0.174. The lowest BCUT2D eigenvalue weighted by Gasteiger charge is -2.19. The van der Waals surface area contributed by atoms with Gasteiger partial charge in [0.1, 0.15) is 0 Å². The summed E-state index contributed by atoms with van der Waals surface area (Å²) in [5.74, 6) is -0.263. The molecule has 0 radical (unpaired) electrons. The number of pyridine rings is 1. The number of amides is 1. The van der Waals surface area contributed by atoms with Crippen molar-refractivity contribution in [2.24, 2.45) is 0 Å². The van der Waals surface area contributed by atoms with Crippen LogP contribution in [-0.4, -0.2) is 30.5 Å². The van der Waals surface area contributed by atoms with E-state index in [1.165, 1.54) is 41.2 Å². The molecular weight excluding hydrogens is 430 g/mol. The molecule has 6 nitrogen and oxygen atoms in total. The van der Waals surface area contributed by atoms with E-state index >= 15 is 0 Å². The maximum atomic E-state index is 13.4. The summed E-state index contributed by atoms with van der Waals surface area (Å²) in [4.78, 5) is 24.2. The van der Waals surface area contributed by atoms with Gasteiger partial charge in [-0.2, -0.15) is 0 Å². The van der Waals surface area contributed by atoms with Crippen molar-refractivity contribution in [2.45, 2.75) is 24.8 Å². The Kier molecular flexibility index (Phi) is 5.84. The highest BCUT2D eigenvalue weighted by molar-refractivity contribution is 7.90. The molecule has 0 spiro atoms. The van der Waals surface area contributed by atoms with Gasteiger partial charge in [-0.25, -0.2) is 13.4 Å². The molecule has 0 aliphatic carbocycles. The molecule has 2 heterocycles. The molecule has 8 heteroatoms. The van der Waals surface area contributed by atoms with E-state index in [4.69, 9.17) is 0 Å². The Labute approximate surface area is 185 Å². The van der Waals surface area contributed by atoms with Gasteiger partial charge in [-0.15, -0.1) is 0 Å². The minimum Gasteiger partial charge on any atom is -0.278 e. The molecule has 0 unspecified atom stereocenters. The van der Waals surface area contributed by atoms with Crippen LogP contribution < -0.4 is 4.90 Å². The largest absolute Gasteiger partial charge is 0.278 e. The number of aryl methyl sites for hydroxylation is 1. The summed E-state index contributed by atoms with van der Waals surface area (Å²) >= 11 is 1.45. The van der Waals surface area contributed by atoms with Crippen LogP contribution in [0.1, 0.15) is 28.5 Å². The highest BCUT2D eigenvalue weighted by atomic mass is 32.2. The van der Waals surface area contributed by atoms with E-state index in [9.17, 15) is 13.2 Å². The molecule has 0 saturated heterocycles. The zero-order valence-corrected chi connectivity index (χ0v) is 18.8. The summed E-state index contributed by atoms with van der Waals surface area (Å²) in [6.07, 6.45) is 3.75. The van der Waals surface area contributed by atoms with Gasteiger partial charge in [-0.05, 0) is 60.5 Å². The summed E-state index contributed by atoms with van der Waals surface area (Å²) < 4.78 is 24.5. The zero-order chi connectivity index (χ0) is 22.0. The number of hydrogen-bond acceptors (Lipinski definition) is 6. The Morgan fingerprint density at radius 2 is 1.84 bits per heavy atom. The predicted octanol–water partition coefficient (Wildman–Crippen LogP) is 4.50. The average Bonchev–Trinajstić information content (AvgIpc) is 3.20. The first-order valence-corrected chi connectivity index (χ1v) is 12.5. The van der Waals surface area contributed by atoms with E-state index in [1.807, 2.05) is 30.3 Å². The second-order valence-electron chi connectivity index (χ2n) is 7.16. The molecule has 31 heavy (non-hydrogen) atoms.